The van der Waals surface area contributed by atoms with Gasteiger partial charge >= 0.3 is 0 Å². The smallest absolute Gasteiger partial charge is 0.0716 e. The Kier molecular flexibility index (Phi) is 2.89. The van der Waals surface area contributed by atoms with Gasteiger partial charge in [-0.25, -0.2) is 0 Å². The molecule has 1 aromatic heterocycles. The van der Waals surface area contributed by atoms with Crippen molar-refractivity contribution in [3.05, 3.63) is 35.7 Å². The van der Waals surface area contributed by atoms with Gasteiger partial charge in [0.15, 0.2) is 0 Å². The zero-order valence-electron chi connectivity index (χ0n) is 11.4. The lowest BCUT2D eigenvalue weighted by atomic mass is 9.78. The van der Waals surface area contributed by atoms with E-state index in [1.54, 1.807) is 5.57 Å². The summed E-state index contributed by atoms with van der Waals surface area (Å²) in [5.41, 5.74) is 4.63. The third-order valence-corrected chi connectivity index (χ3v) is 4.67. The molecule has 0 saturated heterocycles. The zero-order valence-corrected chi connectivity index (χ0v) is 11.4. The van der Waals surface area contributed by atoms with E-state index in [1.807, 2.05) is 6.20 Å². The second-order valence-corrected chi connectivity index (χ2v) is 5.76. The van der Waals surface area contributed by atoms with Gasteiger partial charge in [0.05, 0.1) is 11.4 Å². The van der Waals surface area contributed by atoms with Gasteiger partial charge in [-0.1, -0.05) is 18.6 Å². The van der Waals surface area contributed by atoms with Gasteiger partial charge in [0, 0.05) is 25.2 Å². The summed E-state index contributed by atoms with van der Waals surface area (Å²) in [5, 5.41) is 0. The number of likely N-dealkylation sites (N-methyl/N-ethyl adjacent to an activating group) is 1. The number of hydrogen-bond donors (Lipinski definition) is 0. The van der Waals surface area contributed by atoms with Gasteiger partial charge in [-0.3, -0.25) is 4.98 Å². The highest BCUT2D eigenvalue weighted by atomic mass is 15.2. The molecule has 2 heterocycles. The van der Waals surface area contributed by atoms with Crippen LogP contribution in [0.2, 0.25) is 0 Å². The molecule has 0 fully saturated rings. The van der Waals surface area contributed by atoms with E-state index < -0.39 is 0 Å². The van der Waals surface area contributed by atoms with Crippen LogP contribution >= 0.6 is 0 Å². The first-order chi connectivity index (χ1) is 8.75. The highest BCUT2D eigenvalue weighted by Crippen LogP contribution is 2.46. The van der Waals surface area contributed by atoms with Crippen LogP contribution in [0.4, 0.5) is 5.69 Å². The highest BCUT2D eigenvalue weighted by molar-refractivity contribution is 5.59. The van der Waals surface area contributed by atoms with Crippen LogP contribution in [0.1, 0.15) is 44.7 Å². The number of fused-ring (bicyclic) bond motifs is 2. The van der Waals surface area contributed by atoms with Crippen LogP contribution < -0.4 is 4.90 Å². The molecule has 1 atom stereocenters. The molecule has 1 spiro atoms. The van der Waals surface area contributed by atoms with Crippen molar-refractivity contribution >= 4 is 5.69 Å². The number of hydrogen-bond acceptors (Lipinski definition) is 2. The Labute approximate surface area is 110 Å². The summed E-state index contributed by atoms with van der Waals surface area (Å²) in [6, 6.07) is 4.27. The lowest BCUT2D eigenvalue weighted by Crippen LogP contribution is -2.31. The molecule has 96 valence electrons. The third-order valence-electron chi connectivity index (χ3n) is 4.67. The van der Waals surface area contributed by atoms with Crippen LogP contribution in [-0.2, 0) is 5.41 Å². The number of anilines is 1. The molecule has 1 aliphatic heterocycles. The van der Waals surface area contributed by atoms with Gasteiger partial charge in [-0.05, 0) is 44.2 Å². The van der Waals surface area contributed by atoms with E-state index in [0.717, 1.165) is 6.54 Å². The molecule has 1 unspecified atom stereocenters. The molecule has 2 nitrogen and oxygen atoms in total. The third kappa shape index (κ3) is 1.75. The van der Waals surface area contributed by atoms with E-state index >= 15 is 0 Å². The van der Waals surface area contributed by atoms with Crippen molar-refractivity contribution in [2.24, 2.45) is 0 Å². The molecule has 3 rings (SSSR count). The highest BCUT2D eigenvalue weighted by Gasteiger charge is 2.42. The average molecular weight is 242 g/mol. The molecule has 0 amide bonds. The number of allylic oxidation sites excluding steroid dienone is 2. The molecule has 0 N–H and O–H groups in total. The fourth-order valence-corrected chi connectivity index (χ4v) is 3.62. The van der Waals surface area contributed by atoms with Gasteiger partial charge in [0.2, 0.25) is 0 Å². The standard InChI is InChI=1S/C16H22N2/c1-3-13-6-4-9-16(10-8-13)12-18(2)14-7-5-11-17-15(14)16/h5-7,11H,3-4,8-10,12H2,1-2H3. The summed E-state index contributed by atoms with van der Waals surface area (Å²) < 4.78 is 0. The number of nitrogens with zero attached hydrogens (tertiary/aromatic N) is 2. The van der Waals surface area contributed by atoms with Crippen molar-refractivity contribution in [3.8, 4) is 0 Å². The molecular weight excluding hydrogens is 220 g/mol. The van der Waals surface area contributed by atoms with E-state index in [1.165, 1.54) is 43.5 Å². The zero-order chi connectivity index (χ0) is 12.6. The largest absolute Gasteiger partial charge is 0.372 e. The summed E-state index contributed by atoms with van der Waals surface area (Å²) in [5.74, 6) is 0. The van der Waals surface area contributed by atoms with Crippen LogP contribution in [0.25, 0.3) is 0 Å². The minimum atomic E-state index is 0.304. The summed E-state index contributed by atoms with van der Waals surface area (Å²) in [4.78, 5) is 7.10. The van der Waals surface area contributed by atoms with Crippen molar-refractivity contribution in [2.75, 3.05) is 18.5 Å². The lowest BCUT2D eigenvalue weighted by molar-refractivity contribution is 0.391. The normalized spacial score (nSPS) is 27.0. The molecule has 1 aliphatic carbocycles. The fraction of sp³-hybridized carbons (Fsp3) is 0.562. The fourth-order valence-electron chi connectivity index (χ4n) is 3.62. The van der Waals surface area contributed by atoms with Gasteiger partial charge in [0.25, 0.3) is 0 Å². The predicted molar refractivity (Wildman–Crippen MR) is 76.0 cm³/mol. The summed E-state index contributed by atoms with van der Waals surface area (Å²) in [6.45, 7) is 3.42. The second kappa shape index (κ2) is 4.42. The van der Waals surface area contributed by atoms with Crippen LogP contribution in [0.15, 0.2) is 30.0 Å². The first-order valence-corrected chi connectivity index (χ1v) is 7.10. The molecule has 0 aromatic carbocycles. The minimum Gasteiger partial charge on any atom is -0.372 e. The SMILES string of the molecule is CCC1=CCCC2(CC1)CN(C)c1cccnc12. The molecular formula is C16H22N2. The van der Waals surface area contributed by atoms with Crippen molar-refractivity contribution < 1.29 is 0 Å². The maximum Gasteiger partial charge on any atom is 0.0716 e. The van der Waals surface area contributed by atoms with E-state index in [2.05, 4.69) is 37.1 Å². The molecule has 0 saturated carbocycles. The van der Waals surface area contributed by atoms with Crippen molar-refractivity contribution in [2.45, 2.75) is 44.4 Å². The Balaban J connectivity index is 1.94. The van der Waals surface area contributed by atoms with Crippen LogP contribution in [-0.4, -0.2) is 18.6 Å². The Morgan fingerprint density at radius 3 is 3.11 bits per heavy atom. The monoisotopic (exact) mass is 242 g/mol. The van der Waals surface area contributed by atoms with Crippen molar-refractivity contribution in [3.63, 3.8) is 0 Å². The Morgan fingerprint density at radius 2 is 2.28 bits per heavy atom. The summed E-state index contributed by atoms with van der Waals surface area (Å²) in [6.07, 6.45) is 10.6. The van der Waals surface area contributed by atoms with Gasteiger partial charge < -0.3 is 4.90 Å². The van der Waals surface area contributed by atoms with Crippen molar-refractivity contribution in [1.29, 1.82) is 0 Å². The maximum absolute atomic E-state index is 4.71. The Hall–Kier alpha value is -1.31. The van der Waals surface area contributed by atoms with Gasteiger partial charge in [-0.2, -0.15) is 0 Å². The lowest BCUT2D eigenvalue weighted by Gasteiger charge is -2.27. The topological polar surface area (TPSA) is 16.1 Å². The average Bonchev–Trinajstić information content (AvgIpc) is 2.56. The number of rotatable bonds is 1. The van der Waals surface area contributed by atoms with Crippen LogP contribution in [0.5, 0.6) is 0 Å². The van der Waals surface area contributed by atoms with Gasteiger partial charge in [-0.15, -0.1) is 0 Å². The first kappa shape index (κ1) is 11.8. The molecule has 2 heteroatoms. The molecule has 18 heavy (non-hydrogen) atoms. The van der Waals surface area contributed by atoms with Gasteiger partial charge in [0.1, 0.15) is 0 Å². The molecule has 2 aliphatic rings. The minimum absolute atomic E-state index is 0.304. The van der Waals surface area contributed by atoms with E-state index in [-0.39, 0.29) is 0 Å². The van der Waals surface area contributed by atoms with Crippen LogP contribution in [0.3, 0.4) is 0 Å². The molecule has 0 radical (unpaired) electrons. The quantitative estimate of drug-likeness (QED) is 0.698. The molecule has 1 aromatic rings. The Morgan fingerprint density at radius 1 is 1.39 bits per heavy atom. The van der Waals surface area contributed by atoms with E-state index in [4.69, 9.17) is 4.98 Å². The number of pyridine rings is 1. The summed E-state index contributed by atoms with van der Waals surface area (Å²) >= 11 is 0. The van der Waals surface area contributed by atoms with E-state index in [9.17, 15) is 0 Å². The van der Waals surface area contributed by atoms with E-state index in [0.29, 0.717) is 5.41 Å². The predicted octanol–water partition coefficient (Wildman–Crippen LogP) is 3.68. The molecule has 0 bridgehead atoms. The first-order valence-electron chi connectivity index (χ1n) is 7.10. The maximum atomic E-state index is 4.71. The second-order valence-electron chi connectivity index (χ2n) is 5.76. The number of aromatic nitrogens is 1. The Bertz CT molecular complexity index is 478. The van der Waals surface area contributed by atoms with Crippen molar-refractivity contribution in [1.82, 2.24) is 4.98 Å². The van der Waals surface area contributed by atoms with Crippen LogP contribution in [0, 0.1) is 0 Å². The summed E-state index contributed by atoms with van der Waals surface area (Å²) in [7, 11) is 2.20.